The van der Waals surface area contributed by atoms with Gasteiger partial charge in [0.15, 0.2) is 11.5 Å². The summed E-state index contributed by atoms with van der Waals surface area (Å²) in [6.07, 6.45) is 4.40. The van der Waals surface area contributed by atoms with Gasteiger partial charge in [-0.1, -0.05) is 12.1 Å². The fraction of sp³-hybridized carbons (Fsp3) is 0.250. The summed E-state index contributed by atoms with van der Waals surface area (Å²) in [5.41, 5.74) is 2.04. The molecular formula is C16H18N2O2. The van der Waals surface area contributed by atoms with Crippen LogP contribution in [0.1, 0.15) is 11.3 Å². The minimum absolute atomic E-state index is 0.714. The number of hydrogen-bond acceptors (Lipinski definition) is 4. The highest BCUT2D eigenvalue weighted by atomic mass is 16.5. The molecule has 20 heavy (non-hydrogen) atoms. The molecule has 0 radical (unpaired) electrons. The number of ether oxygens (including phenoxy) is 2. The van der Waals surface area contributed by atoms with Gasteiger partial charge in [0.25, 0.3) is 0 Å². The van der Waals surface area contributed by atoms with E-state index in [0.717, 1.165) is 23.6 Å². The highest BCUT2D eigenvalue weighted by Gasteiger charge is 2.03. The van der Waals surface area contributed by atoms with Gasteiger partial charge in [-0.25, -0.2) is 0 Å². The van der Waals surface area contributed by atoms with Crippen molar-refractivity contribution >= 4 is 6.21 Å². The molecule has 0 saturated heterocycles. The molecule has 1 aromatic heterocycles. The van der Waals surface area contributed by atoms with Crippen LogP contribution in [-0.2, 0) is 6.42 Å². The van der Waals surface area contributed by atoms with Gasteiger partial charge < -0.3 is 9.47 Å². The molecule has 1 aromatic carbocycles. The molecule has 0 aliphatic heterocycles. The van der Waals surface area contributed by atoms with Gasteiger partial charge in [-0.2, -0.15) is 0 Å². The van der Waals surface area contributed by atoms with Crippen LogP contribution in [0.5, 0.6) is 11.5 Å². The normalized spacial score (nSPS) is 10.7. The van der Waals surface area contributed by atoms with Crippen LogP contribution in [-0.4, -0.2) is 32.0 Å². The summed E-state index contributed by atoms with van der Waals surface area (Å²) in [5.74, 6) is 1.49. The number of nitrogens with zero attached hydrogens (tertiary/aromatic N) is 2. The molecular weight excluding hydrogens is 252 g/mol. The fourth-order valence-electron chi connectivity index (χ4n) is 1.84. The van der Waals surface area contributed by atoms with Gasteiger partial charge in [0.2, 0.25) is 0 Å². The number of aliphatic imine (C=N–C) groups is 1. The lowest BCUT2D eigenvalue weighted by Gasteiger charge is -2.08. The molecule has 0 bridgehead atoms. The molecule has 1 heterocycles. The summed E-state index contributed by atoms with van der Waals surface area (Å²) in [6.45, 7) is 0.714. The van der Waals surface area contributed by atoms with E-state index in [0.29, 0.717) is 6.54 Å². The second kappa shape index (κ2) is 7.28. The van der Waals surface area contributed by atoms with Crippen molar-refractivity contribution in [1.29, 1.82) is 0 Å². The second-order valence-electron chi connectivity index (χ2n) is 4.23. The van der Waals surface area contributed by atoms with Crippen molar-refractivity contribution in [2.24, 2.45) is 4.99 Å². The minimum atomic E-state index is 0.714. The van der Waals surface area contributed by atoms with Crippen LogP contribution < -0.4 is 9.47 Å². The monoisotopic (exact) mass is 270 g/mol. The average Bonchev–Trinajstić information content (AvgIpc) is 2.52. The van der Waals surface area contributed by atoms with Crippen LogP contribution in [0.4, 0.5) is 0 Å². The van der Waals surface area contributed by atoms with Crippen molar-refractivity contribution in [2.75, 3.05) is 20.8 Å². The van der Waals surface area contributed by atoms with E-state index in [-0.39, 0.29) is 0 Å². The summed E-state index contributed by atoms with van der Waals surface area (Å²) in [5, 5.41) is 0. The van der Waals surface area contributed by atoms with E-state index in [1.165, 1.54) is 5.56 Å². The van der Waals surface area contributed by atoms with E-state index < -0.39 is 0 Å². The van der Waals surface area contributed by atoms with E-state index in [2.05, 4.69) is 9.98 Å². The highest BCUT2D eigenvalue weighted by molar-refractivity contribution is 5.76. The summed E-state index contributed by atoms with van der Waals surface area (Å²) in [6, 6.07) is 11.7. The van der Waals surface area contributed by atoms with Gasteiger partial charge in [-0.15, -0.1) is 0 Å². The van der Waals surface area contributed by atoms with Gasteiger partial charge in [-0.3, -0.25) is 9.98 Å². The lowest BCUT2D eigenvalue weighted by molar-refractivity contribution is 0.354. The summed E-state index contributed by atoms with van der Waals surface area (Å²) >= 11 is 0. The zero-order chi connectivity index (χ0) is 14.2. The predicted octanol–water partition coefficient (Wildman–Crippen LogP) is 2.76. The first-order valence-corrected chi connectivity index (χ1v) is 6.45. The Bertz CT molecular complexity index is 568. The van der Waals surface area contributed by atoms with Crippen molar-refractivity contribution in [1.82, 2.24) is 4.98 Å². The van der Waals surface area contributed by atoms with Gasteiger partial charge >= 0.3 is 0 Å². The van der Waals surface area contributed by atoms with E-state index in [4.69, 9.17) is 9.47 Å². The molecule has 0 aliphatic carbocycles. The van der Waals surface area contributed by atoms with Crippen molar-refractivity contribution in [3.05, 3.63) is 53.9 Å². The molecule has 0 N–H and O–H groups in total. The standard InChI is InChI=1S/C16H18N2O2/c1-19-15-7-6-13(11-16(15)20-2)8-10-17-12-14-5-3-4-9-18-14/h3-7,9,11-12H,8,10H2,1-2H3. The molecule has 0 saturated carbocycles. The number of pyridine rings is 1. The zero-order valence-electron chi connectivity index (χ0n) is 11.7. The van der Waals surface area contributed by atoms with Crippen molar-refractivity contribution in [2.45, 2.75) is 6.42 Å². The van der Waals surface area contributed by atoms with Gasteiger partial charge in [0, 0.05) is 19.0 Å². The van der Waals surface area contributed by atoms with Gasteiger partial charge in [0.1, 0.15) is 0 Å². The third kappa shape index (κ3) is 3.82. The van der Waals surface area contributed by atoms with Crippen molar-refractivity contribution < 1.29 is 9.47 Å². The maximum Gasteiger partial charge on any atom is 0.160 e. The highest BCUT2D eigenvalue weighted by Crippen LogP contribution is 2.27. The number of hydrogen-bond donors (Lipinski definition) is 0. The maximum absolute atomic E-state index is 5.28. The maximum atomic E-state index is 5.28. The Morgan fingerprint density at radius 1 is 1.10 bits per heavy atom. The predicted molar refractivity (Wildman–Crippen MR) is 79.9 cm³/mol. The van der Waals surface area contributed by atoms with Crippen LogP contribution in [0.2, 0.25) is 0 Å². The minimum Gasteiger partial charge on any atom is -0.493 e. The summed E-state index contributed by atoms with van der Waals surface area (Å²) < 4.78 is 10.5. The molecule has 0 aliphatic rings. The molecule has 0 atom stereocenters. The van der Waals surface area contributed by atoms with Crippen LogP contribution in [0.25, 0.3) is 0 Å². The van der Waals surface area contributed by atoms with Crippen molar-refractivity contribution in [3.63, 3.8) is 0 Å². The molecule has 2 aromatic rings. The Hall–Kier alpha value is -2.36. The lowest BCUT2D eigenvalue weighted by Crippen LogP contribution is -1.95. The van der Waals surface area contributed by atoms with E-state index in [1.54, 1.807) is 26.6 Å². The molecule has 2 rings (SSSR count). The molecule has 4 nitrogen and oxygen atoms in total. The Kier molecular flexibility index (Phi) is 5.12. The Balaban J connectivity index is 1.93. The number of methoxy groups -OCH3 is 2. The zero-order valence-corrected chi connectivity index (χ0v) is 11.7. The first-order valence-electron chi connectivity index (χ1n) is 6.45. The largest absolute Gasteiger partial charge is 0.493 e. The molecule has 4 heteroatoms. The summed E-state index contributed by atoms with van der Waals surface area (Å²) in [7, 11) is 3.27. The first-order chi connectivity index (χ1) is 9.83. The smallest absolute Gasteiger partial charge is 0.160 e. The van der Waals surface area contributed by atoms with Crippen LogP contribution in [0.15, 0.2) is 47.6 Å². The Labute approximate surface area is 119 Å². The molecule has 0 spiro atoms. The number of rotatable bonds is 6. The molecule has 0 fully saturated rings. The average molecular weight is 270 g/mol. The quantitative estimate of drug-likeness (QED) is 0.758. The third-order valence-corrected chi connectivity index (χ3v) is 2.89. The number of benzene rings is 1. The Morgan fingerprint density at radius 2 is 1.95 bits per heavy atom. The topological polar surface area (TPSA) is 43.7 Å². The molecule has 0 unspecified atom stereocenters. The van der Waals surface area contributed by atoms with Crippen molar-refractivity contribution in [3.8, 4) is 11.5 Å². The van der Waals surface area contributed by atoms with Gasteiger partial charge in [0.05, 0.1) is 19.9 Å². The molecule has 104 valence electrons. The van der Waals surface area contributed by atoms with Gasteiger partial charge in [-0.05, 0) is 36.2 Å². The fourth-order valence-corrected chi connectivity index (χ4v) is 1.84. The molecule has 0 amide bonds. The van der Waals surface area contributed by atoms with Crippen LogP contribution >= 0.6 is 0 Å². The SMILES string of the molecule is COc1ccc(CCN=Cc2ccccn2)cc1OC. The first kappa shape index (κ1) is 14.1. The third-order valence-electron chi connectivity index (χ3n) is 2.89. The van der Waals surface area contributed by atoms with E-state index in [1.807, 2.05) is 36.4 Å². The lowest BCUT2D eigenvalue weighted by atomic mass is 10.1. The van der Waals surface area contributed by atoms with E-state index in [9.17, 15) is 0 Å². The Morgan fingerprint density at radius 3 is 2.65 bits per heavy atom. The van der Waals surface area contributed by atoms with Crippen LogP contribution in [0.3, 0.4) is 0 Å². The van der Waals surface area contributed by atoms with E-state index >= 15 is 0 Å². The number of aromatic nitrogens is 1. The van der Waals surface area contributed by atoms with Crippen LogP contribution in [0, 0.1) is 0 Å². The second-order valence-corrected chi connectivity index (χ2v) is 4.23. The summed E-state index contributed by atoms with van der Waals surface area (Å²) in [4.78, 5) is 8.56.